The highest BCUT2D eigenvalue weighted by atomic mass is 16.2. The van der Waals surface area contributed by atoms with Gasteiger partial charge in [0.15, 0.2) is 0 Å². The second-order valence-electron chi connectivity index (χ2n) is 4.76. The minimum atomic E-state index is -0.118. The van der Waals surface area contributed by atoms with Crippen molar-refractivity contribution in [3.63, 3.8) is 0 Å². The average Bonchev–Trinajstić information content (AvgIpc) is 2.81. The van der Waals surface area contributed by atoms with Crippen LogP contribution in [-0.4, -0.2) is 27.5 Å². The number of carbonyl (C=O) groups is 1. The van der Waals surface area contributed by atoms with Gasteiger partial charge in [-0.2, -0.15) is 0 Å². The lowest BCUT2D eigenvalue weighted by Gasteiger charge is -2.26. The predicted octanol–water partition coefficient (Wildman–Crippen LogP) is 0.830. The normalized spacial score (nSPS) is 14.2. The van der Waals surface area contributed by atoms with Gasteiger partial charge in [0.05, 0.1) is 18.5 Å². The van der Waals surface area contributed by atoms with Gasteiger partial charge in [-0.05, 0) is 5.56 Å². The zero-order valence-electron chi connectivity index (χ0n) is 10.5. The van der Waals surface area contributed by atoms with Gasteiger partial charge in [0.1, 0.15) is 0 Å². The minimum absolute atomic E-state index is 0.0671. The van der Waals surface area contributed by atoms with Crippen LogP contribution in [0.5, 0.6) is 0 Å². The molecule has 1 aromatic heterocycles. The topological polar surface area (TPSA) is 69.0 Å². The first kappa shape index (κ1) is 11.8. The highest BCUT2D eigenvalue weighted by Gasteiger charge is 2.23. The first-order valence-electron chi connectivity index (χ1n) is 6.34. The van der Waals surface area contributed by atoms with E-state index in [1.54, 1.807) is 4.90 Å². The summed E-state index contributed by atoms with van der Waals surface area (Å²) < 4.78 is 0. The molecule has 0 spiro atoms. The van der Waals surface area contributed by atoms with Crippen molar-refractivity contribution >= 4 is 5.91 Å². The minimum Gasteiger partial charge on any atom is -0.337 e. The van der Waals surface area contributed by atoms with Gasteiger partial charge in [0.2, 0.25) is 5.91 Å². The molecule has 0 radical (unpaired) electrons. The van der Waals surface area contributed by atoms with Gasteiger partial charge in [-0.25, -0.2) is 0 Å². The molecule has 3 rings (SSSR count). The third kappa shape index (κ3) is 2.31. The smallest absolute Gasteiger partial charge is 0.269 e. The molecule has 98 valence electrons. The molecule has 1 aromatic carbocycles. The van der Waals surface area contributed by atoms with Gasteiger partial charge < -0.3 is 10.00 Å². The van der Waals surface area contributed by atoms with E-state index in [1.165, 1.54) is 0 Å². The zero-order chi connectivity index (χ0) is 13.2. The Balaban J connectivity index is 1.73. The zero-order valence-corrected chi connectivity index (χ0v) is 10.5. The summed E-state index contributed by atoms with van der Waals surface area (Å²) in [4.78, 5) is 25.5. The van der Waals surface area contributed by atoms with Gasteiger partial charge >= 0.3 is 0 Å². The molecule has 0 aliphatic carbocycles. The van der Waals surface area contributed by atoms with Crippen molar-refractivity contribution in [1.29, 1.82) is 0 Å². The summed E-state index contributed by atoms with van der Waals surface area (Å²) in [6.07, 6.45) is 1.09. The van der Waals surface area contributed by atoms with Gasteiger partial charge in [-0.1, -0.05) is 30.3 Å². The highest BCUT2D eigenvalue weighted by Crippen LogP contribution is 2.14. The fourth-order valence-corrected chi connectivity index (χ4v) is 2.41. The molecule has 2 N–H and O–H groups in total. The summed E-state index contributed by atoms with van der Waals surface area (Å²) in [6.45, 7) is 1.06. The summed E-state index contributed by atoms with van der Waals surface area (Å²) >= 11 is 0. The third-order valence-corrected chi connectivity index (χ3v) is 3.50. The van der Waals surface area contributed by atoms with Crippen molar-refractivity contribution < 1.29 is 4.79 Å². The number of aromatic amines is 2. The number of hydrogen-bond donors (Lipinski definition) is 2. The SMILES string of the molecule is O=C(Cc1ccccc1)N1CCc2[nH][nH]c(=O)c2C1. The van der Waals surface area contributed by atoms with E-state index in [2.05, 4.69) is 10.2 Å². The molecule has 2 heterocycles. The summed E-state index contributed by atoms with van der Waals surface area (Å²) in [5, 5.41) is 5.43. The lowest BCUT2D eigenvalue weighted by molar-refractivity contribution is -0.131. The van der Waals surface area contributed by atoms with Crippen LogP contribution in [0.1, 0.15) is 16.8 Å². The standard InChI is InChI=1S/C14H15N3O2/c18-13(8-10-4-2-1-3-5-10)17-7-6-12-11(9-17)14(19)16-15-12/h1-5H,6-9H2,(H2,15,16,19). The molecule has 5 nitrogen and oxygen atoms in total. The monoisotopic (exact) mass is 257 g/mol. The van der Waals surface area contributed by atoms with Crippen LogP contribution in [0.25, 0.3) is 0 Å². The van der Waals surface area contributed by atoms with E-state index in [4.69, 9.17) is 0 Å². The van der Waals surface area contributed by atoms with Crippen molar-refractivity contribution in [2.45, 2.75) is 19.4 Å². The van der Waals surface area contributed by atoms with Crippen LogP contribution in [0.4, 0.5) is 0 Å². The van der Waals surface area contributed by atoms with E-state index in [1.807, 2.05) is 30.3 Å². The van der Waals surface area contributed by atoms with Crippen LogP contribution in [0, 0.1) is 0 Å². The Bertz CT molecular complexity index is 642. The largest absolute Gasteiger partial charge is 0.337 e. The second kappa shape index (κ2) is 4.76. The van der Waals surface area contributed by atoms with Crippen LogP contribution < -0.4 is 5.56 Å². The molecule has 0 fully saturated rings. The fourth-order valence-electron chi connectivity index (χ4n) is 2.41. The summed E-state index contributed by atoms with van der Waals surface area (Å²) in [7, 11) is 0. The molecule has 2 aromatic rings. The third-order valence-electron chi connectivity index (χ3n) is 3.50. The van der Waals surface area contributed by atoms with Gasteiger partial charge in [0.25, 0.3) is 5.56 Å². The molecular formula is C14H15N3O2. The maximum atomic E-state index is 12.2. The molecule has 0 saturated carbocycles. The molecule has 0 atom stereocenters. The Morgan fingerprint density at radius 1 is 1.21 bits per heavy atom. The molecule has 5 heteroatoms. The average molecular weight is 257 g/mol. The number of fused-ring (bicyclic) bond motifs is 1. The van der Waals surface area contributed by atoms with E-state index in [0.717, 1.165) is 11.3 Å². The van der Waals surface area contributed by atoms with E-state index in [0.29, 0.717) is 31.5 Å². The van der Waals surface area contributed by atoms with E-state index in [-0.39, 0.29) is 11.5 Å². The number of amides is 1. The van der Waals surface area contributed by atoms with Gasteiger partial charge in [-0.15, -0.1) is 0 Å². The van der Waals surface area contributed by atoms with Crippen molar-refractivity contribution in [3.8, 4) is 0 Å². The molecule has 0 unspecified atom stereocenters. The Kier molecular flexibility index (Phi) is 2.95. The van der Waals surface area contributed by atoms with Gasteiger partial charge in [-0.3, -0.25) is 14.7 Å². The Morgan fingerprint density at radius 3 is 2.79 bits per heavy atom. The number of benzene rings is 1. The molecule has 0 saturated heterocycles. The van der Waals surface area contributed by atoms with Crippen LogP contribution in [0.3, 0.4) is 0 Å². The summed E-state index contributed by atoms with van der Waals surface area (Å²) in [5.41, 5.74) is 2.50. The van der Waals surface area contributed by atoms with E-state index >= 15 is 0 Å². The number of hydrogen-bond acceptors (Lipinski definition) is 2. The number of H-pyrrole nitrogens is 2. The molecule has 1 aliphatic rings. The summed E-state index contributed by atoms with van der Waals surface area (Å²) in [5.74, 6) is 0.0671. The number of carbonyl (C=O) groups excluding carboxylic acids is 1. The molecule has 19 heavy (non-hydrogen) atoms. The van der Waals surface area contributed by atoms with Gasteiger partial charge in [0, 0.05) is 18.7 Å². The maximum Gasteiger partial charge on any atom is 0.269 e. The molecule has 0 bridgehead atoms. The molecule has 1 amide bonds. The Hall–Kier alpha value is -2.30. The number of nitrogens with zero attached hydrogens (tertiary/aromatic N) is 1. The number of rotatable bonds is 2. The van der Waals surface area contributed by atoms with Crippen LogP contribution in [0.15, 0.2) is 35.1 Å². The van der Waals surface area contributed by atoms with E-state index in [9.17, 15) is 9.59 Å². The quantitative estimate of drug-likeness (QED) is 0.836. The Morgan fingerprint density at radius 2 is 2.00 bits per heavy atom. The summed E-state index contributed by atoms with van der Waals surface area (Å²) in [6, 6.07) is 9.66. The van der Waals surface area contributed by atoms with Crippen molar-refractivity contribution in [2.24, 2.45) is 0 Å². The maximum absolute atomic E-state index is 12.2. The fraction of sp³-hybridized carbons (Fsp3) is 0.286. The van der Waals surface area contributed by atoms with Crippen LogP contribution in [0.2, 0.25) is 0 Å². The highest BCUT2D eigenvalue weighted by molar-refractivity contribution is 5.79. The molecular weight excluding hydrogens is 242 g/mol. The van der Waals surface area contributed by atoms with Crippen molar-refractivity contribution in [2.75, 3.05) is 6.54 Å². The number of aromatic nitrogens is 2. The van der Waals surface area contributed by atoms with E-state index < -0.39 is 0 Å². The Labute approximate surface area is 110 Å². The predicted molar refractivity (Wildman–Crippen MR) is 70.7 cm³/mol. The number of nitrogens with one attached hydrogen (secondary N) is 2. The van der Waals surface area contributed by atoms with Crippen molar-refractivity contribution in [1.82, 2.24) is 15.1 Å². The van der Waals surface area contributed by atoms with Crippen molar-refractivity contribution in [3.05, 3.63) is 57.5 Å². The lowest BCUT2D eigenvalue weighted by atomic mass is 10.1. The first-order chi connectivity index (χ1) is 9.24. The first-order valence-corrected chi connectivity index (χ1v) is 6.34. The van der Waals surface area contributed by atoms with Crippen LogP contribution >= 0.6 is 0 Å². The lowest BCUT2D eigenvalue weighted by Crippen LogP contribution is -2.38. The van der Waals surface area contributed by atoms with Crippen LogP contribution in [-0.2, 0) is 24.2 Å². The second-order valence-corrected chi connectivity index (χ2v) is 4.76. The molecule has 1 aliphatic heterocycles.